The van der Waals surface area contributed by atoms with Crippen LogP contribution < -0.4 is 10.2 Å². The van der Waals surface area contributed by atoms with E-state index >= 15 is 0 Å². The van der Waals surface area contributed by atoms with E-state index in [1.54, 1.807) is 0 Å². The van der Waals surface area contributed by atoms with Crippen LogP contribution in [0.2, 0.25) is 0 Å². The molecule has 1 amide bonds. The van der Waals surface area contributed by atoms with Gasteiger partial charge in [-0.3, -0.25) is 4.79 Å². The summed E-state index contributed by atoms with van der Waals surface area (Å²) in [5.41, 5.74) is 1.17. The highest BCUT2D eigenvalue weighted by Gasteiger charge is 2.34. The van der Waals surface area contributed by atoms with Gasteiger partial charge in [0.2, 0.25) is 10.0 Å². The number of halogens is 1. The monoisotopic (exact) mass is 420 g/mol. The number of sulfonamides is 1. The maximum absolute atomic E-state index is 13.1. The summed E-state index contributed by atoms with van der Waals surface area (Å²) in [6.45, 7) is 4.21. The van der Waals surface area contributed by atoms with Crippen LogP contribution in [0.1, 0.15) is 12.5 Å². The summed E-state index contributed by atoms with van der Waals surface area (Å²) in [5, 5.41) is 2.97. The van der Waals surface area contributed by atoms with E-state index in [1.165, 1.54) is 22.0 Å². The van der Waals surface area contributed by atoms with Gasteiger partial charge in [0, 0.05) is 6.54 Å². The van der Waals surface area contributed by atoms with E-state index in [1.807, 2.05) is 37.3 Å². The van der Waals surface area contributed by atoms with E-state index in [-0.39, 0.29) is 16.8 Å². The van der Waals surface area contributed by atoms with Gasteiger partial charge in [0.15, 0.2) is 6.04 Å². The molecule has 1 heterocycles. The molecule has 0 bridgehead atoms. The van der Waals surface area contributed by atoms with Gasteiger partial charge in [-0.25, -0.2) is 12.8 Å². The van der Waals surface area contributed by atoms with Crippen LogP contribution in [-0.4, -0.2) is 57.4 Å². The Morgan fingerprint density at radius 2 is 1.72 bits per heavy atom. The molecule has 2 aromatic rings. The molecule has 2 N–H and O–H groups in total. The molecule has 1 saturated heterocycles. The Morgan fingerprint density at radius 1 is 1.10 bits per heavy atom. The Hall–Kier alpha value is -2.29. The molecule has 0 aromatic heterocycles. The third-order valence-corrected chi connectivity index (χ3v) is 7.29. The van der Waals surface area contributed by atoms with Gasteiger partial charge in [0.1, 0.15) is 5.82 Å². The van der Waals surface area contributed by atoms with Crippen LogP contribution in [0.3, 0.4) is 0 Å². The highest BCUT2D eigenvalue weighted by atomic mass is 32.2. The van der Waals surface area contributed by atoms with Gasteiger partial charge in [-0.15, -0.1) is 0 Å². The van der Waals surface area contributed by atoms with Crippen LogP contribution in [0.15, 0.2) is 59.5 Å². The van der Waals surface area contributed by atoms with Crippen LogP contribution in [0.5, 0.6) is 0 Å². The predicted octanol–water partition coefficient (Wildman–Crippen LogP) is 0.462. The Balaban J connectivity index is 1.49. The largest absolute Gasteiger partial charge is 0.351 e. The number of nitrogens with one attached hydrogen (secondary N) is 2. The zero-order valence-electron chi connectivity index (χ0n) is 16.5. The maximum Gasteiger partial charge on any atom is 0.278 e. The van der Waals surface area contributed by atoms with Crippen molar-refractivity contribution in [2.45, 2.75) is 24.3 Å². The third-order valence-electron chi connectivity index (χ3n) is 5.38. The SMILES string of the molecule is C[C@@H](C(=O)NCCc1ccccc1)[NH+]1CCN(S(=O)(=O)c2ccc(F)cc2)CC1. The molecule has 3 rings (SSSR count). The highest BCUT2D eigenvalue weighted by Crippen LogP contribution is 2.16. The third kappa shape index (κ3) is 5.41. The first-order chi connectivity index (χ1) is 13.9. The first kappa shape index (κ1) is 21.4. The molecule has 0 saturated carbocycles. The molecule has 1 fully saturated rings. The summed E-state index contributed by atoms with van der Waals surface area (Å²) in [4.78, 5) is 13.6. The summed E-state index contributed by atoms with van der Waals surface area (Å²) in [6, 6.07) is 14.6. The molecule has 2 aromatic carbocycles. The lowest BCUT2D eigenvalue weighted by Crippen LogP contribution is -3.19. The van der Waals surface area contributed by atoms with Gasteiger partial charge in [0.25, 0.3) is 5.91 Å². The Kier molecular flexibility index (Phi) is 7.00. The molecule has 0 unspecified atom stereocenters. The molecule has 1 aliphatic rings. The van der Waals surface area contributed by atoms with Crippen molar-refractivity contribution in [1.29, 1.82) is 0 Å². The lowest BCUT2D eigenvalue weighted by atomic mass is 10.1. The maximum atomic E-state index is 13.1. The number of hydrogen-bond donors (Lipinski definition) is 2. The topological polar surface area (TPSA) is 70.9 Å². The van der Waals surface area contributed by atoms with Gasteiger partial charge in [-0.05, 0) is 43.2 Å². The smallest absolute Gasteiger partial charge is 0.278 e. The van der Waals surface area contributed by atoms with Crippen molar-refractivity contribution in [2.24, 2.45) is 0 Å². The van der Waals surface area contributed by atoms with Gasteiger partial charge in [-0.1, -0.05) is 30.3 Å². The van der Waals surface area contributed by atoms with Crippen LogP contribution in [0.25, 0.3) is 0 Å². The Morgan fingerprint density at radius 3 is 2.34 bits per heavy atom. The fourth-order valence-electron chi connectivity index (χ4n) is 3.52. The van der Waals surface area contributed by atoms with Crippen molar-refractivity contribution >= 4 is 15.9 Å². The Bertz CT molecular complexity index is 912. The van der Waals surface area contributed by atoms with Gasteiger partial charge >= 0.3 is 0 Å². The van der Waals surface area contributed by atoms with E-state index in [4.69, 9.17) is 0 Å². The van der Waals surface area contributed by atoms with E-state index in [0.717, 1.165) is 23.5 Å². The van der Waals surface area contributed by atoms with Gasteiger partial charge in [0.05, 0.1) is 31.1 Å². The van der Waals surface area contributed by atoms with Crippen molar-refractivity contribution in [1.82, 2.24) is 9.62 Å². The summed E-state index contributed by atoms with van der Waals surface area (Å²) < 4.78 is 39.9. The quantitative estimate of drug-likeness (QED) is 0.684. The van der Waals surface area contributed by atoms with Crippen LogP contribution in [-0.2, 0) is 21.2 Å². The summed E-state index contributed by atoms with van der Waals surface area (Å²) in [7, 11) is -3.64. The number of carbonyl (C=O) groups is 1. The average Bonchev–Trinajstić information content (AvgIpc) is 2.74. The first-order valence-corrected chi connectivity index (χ1v) is 11.2. The second-order valence-electron chi connectivity index (χ2n) is 7.26. The molecule has 0 spiro atoms. The second kappa shape index (κ2) is 9.47. The summed E-state index contributed by atoms with van der Waals surface area (Å²) >= 11 is 0. The molecule has 8 heteroatoms. The van der Waals surface area contributed by atoms with E-state index < -0.39 is 15.8 Å². The number of piperazine rings is 1. The summed E-state index contributed by atoms with van der Waals surface area (Å²) in [5.74, 6) is -0.490. The number of hydrogen-bond acceptors (Lipinski definition) is 3. The molecule has 0 aliphatic carbocycles. The van der Waals surface area contributed by atoms with Crippen LogP contribution in [0.4, 0.5) is 4.39 Å². The van der Waals surface area contributed by atoms with Gasteiger partial charge in [-0.2, -0.15) is 4.31 Å². The van der Waals surface area contributed by atoms with Crippen molar-refractivity contribution < 1.29 is 22.5 Å². The average molecular weight is 421 g/mol. The van der Waals surface area contributed by atoms with Crippen LogP contribution in [0, 0.1) is 5.82 Å². The molecule has 0 radical (unpaired) electrons. The zero-order valence-corrected chi connectivity index (χ0v) is 17.3. The number of benzene rings is 2. The molecule has 1 atom stereocenters. The lowest BCUT2D eigenvalue weighted by Gasteiger charge is -2.34. The predicted molar refractivity (Wildman–Crippen MR) is 108 cm³/mol. The molecular formula is C21H27FN3O3S+. The molecule has 156 valence electrons. The lowest BCUT2D eigenvalue weighted by molar-refractivity contribution is -0.917. The van der Waals surface area contributed by atoms with E-state index in [2.05, 4.69) is 5.32 Å². The number of quaternary nitrogens is 1. The van der Waals surface area contributed by atoms with E-state index in [0.29, 0.717) is 32.7 Å². The van der Waals surface area contributed by atoms with Crippen molar-refractivity contribution in [3.63, 3.8) is 0 Å². The minimum absolute atomic E-state index is 0.0224. The minimum atomic E-state index is -3.64. The van der Waals surface area contributed by atoms with Crippen LogP contribution >= 0.6 is 0 Å². The van der Waals surface area contributed by atoms with Gasteiger partial charge < -0.3 is 10.2 Å². The standard InChI is InChI=1S/C21H26FN3O3S/c1-17(21(26)23-12-11-18-5-3-2-4-6-18)24-13-15-25(16-14-24)29(27,28)20-9-7-19(22)8-10-20/h2-10,17H,11-16H2,1H3,(H,23,26)/p+1/t17-/m0/s1. The number of rotatable bonds is 7. The minimum Gasteiger partial charge on any atom is -0.351 e. The van der Waals surface area contributed by atoms with Crippen molar-refractivity contribution in [3.05, 3.63) is 66.0 Å². The van der Waals surface area contributed by atoms with Crippen molar-refractivity contribution in [2.75, 3.05) is 32.7 Å². The molecule has 6 nitrogen and oxygen atoms in total. The number of amides is 1. The Labute approximate surface area is 171 Å². The highest BCUT2D eigenvalue weighted by molar-refractivity contribution is 7.89. The van der Waals surface area contributed by atoms with E-state index in [9.17, 15) is 17.6 Å². The number of carbonyl (C=O) groups excluding carboxylic acids is 1. The summed E-state index contributed by atoms with van der Waals surface area (Å²) in [6.07, 6.45) is 0.776. The van der Waals surface area contributed by atoms with Crippen molar-refractivity contribution in [3.8, 4) is 0 Å². The zero-order chi connectivity index (χ0) is 20.9. The second-order valence-corrected chi connectivity index (χ2v) is 9.20. The number of nitrogens with zero attached hydrogens (tertiary/aromatic N) is 1. The molecule has 29 heavy (non-hydrogen) atoms. The first-order valence-electron chi connectivity index (χ1n) is 9.80. The molecular weight excluding hydrogens is 393 g/mol. The normalized spacial score (nSPS) is 17.0. The fraction of sp³-hybridized carbons (Fsp3) is 0.381. The fourth-order valence-corrected chi connectivity index (χ4v) is 4.96. The molecule has 1 aliphatic heterocycles.